The molecule has 1 N–H and O–H groups in total. The Bertz CT molecular complexity index is 1200. The van der Waals surface area contributed by atoms with Crippen LogP contribution in [-0.2, 0) is 20.6 Å². The fourth-order valence-corrected chi connectivity index (χ4v) is 4.27. The molecule has 0 radical (unpaired) electrons. The highest BCUT2D eigenvalue weighted by molar-refractivity contribution is 6.31. The van der Waals surface area contributed by atoms with E-state index in [4.69, 9.17) is 11.6 Å². The van der Waals surface area contributed by atoms with Gasteiger partial charge in [0.1, 0.15) is 5.82 Å². The Morgan fingerprint density at radius 3 is 2.50 bits per heavy atom. The Morgan fingerprint density at radius 2 is 1.87 bits per heavy atom. The van der Waals surface area contributed by atoms with Crippen LogP contribution in [0.4, 0.5) is 10.3 Å². The molecule has 2 aromatic heterocycles. The fraction of sp³-hybridized carbons (Fsp3) is 0.450. The molecule has 0 unspecified atom stereocenters. The molecule has 3 aromatic rings. The van der Waals surface area contributed by atoms with Gasteiger partial charge < -0.3 is 9.80 Å². The maximum atomic E-state index is 14.6. The molecule has 1 saturated heterocycles. The summed E-state index contributed by atoms with van der Waals surface area (Å²) in [6.07, 6.45) is 0. The molecule has 3 heterocycles. The number of fused-ring (bicyclic) bond motifs is 1. The number of hydrogen-bond acceptors (Lipinski definition) is 4. The summed E-state index contributed by atoms with van der Waals surface area (Å²) in [5.41, 5.74) is -0.0755. The normalized spacial score (nSPS) is 15.3. The van der Waals surface area contributed by atoms with E-state index in [-0.39, 0.29) is 28.3 Å². The highest BCUT2D eigenvalue weighted by Gasteiger charge is 2.27. The number of halogens is 2. The molecule has 1 aliphatic rings. The van der Waals surface area contributed by atoms with Crippen molar-refractivity contribution in [3.63, 3.8) is 0 Å². The van der Waals surface area contributed by atoms with E-state index in [2.05, 4.69) is 16.8 Å². The first-order valence-corrected chi connectivity index (χ1v) is 10.4. The summed E-state index contributed by atoms with van der Waals surface area (Å²) < 4.78 is 18.7. The zero-order valence-corrected chi connectivity index (χ0v) is 18.0. The number of nitrogens with zero attached hydrogens (tertiary/aromatic N) is 5. The van der Waals surface area contributed by atoms with Crippen LogP contribution >= 0.6 is 11.6 Å². The van der Waals surface area contributed by atoms with Crippen molar-refractivity contribution in [2.75, 3.05) is 37.6 Å². The third-order valence-corrected chi connectivity index (χ3v) is 6.31. The lowest BCUT2D eigenvalue weighted by Crippen LogP contribution is -3.14. The van der Waals surface area contributed by atoms with Gasteiger partial charge in [-0.05, 0) is 19.1 Å². The molecule has 0 amide bonds. The zero-order chi connectivity index (χ0) is 21.6. The summed E-state index contributed by atoms with van der Waals surface area (Å²) in [7, 11) is 3.01. The first-order valence-electron chi connectivity index (χ1n) is 10.0. The number of hydrogen-bond donors (Lipinski definition) is 1. The van der Waals surface area contributed by atoms with Crippen molar-refractivity contribution >= 4 is 28.7 Å². The maximum absolute atomic E-state index is 14.6. The molecule has 0 spiro atoms. The highest BCUT2D eigenvalue weighted by Crippen LogP contribution is 2.26. The minimum Gasteiger partial charge on any atom is -0.332 e. The number of imidazole rings is 1. The first kappa shape index (κ1) is 20.6. The molecule has 1 fully saturated rings. The van der Waals surface area contributed by atoms with Gasteiger partial charge in [-0.25, -0.2) is 9.18 Å². The van der Waals surface area contributed by atoms with Crippen LogP contribution in [0, 0.1) is 5.82 Å². The van der Waals surface area contributed by atoms with Crippen molar-refractivity contribution < 1.29 is 9.29 Å². The van der Waals surface area contributed by atoms with Crippen molar-refractivity contribution in [3.05, 3.63) is 55.4 Å². The molecule has 0 aliphatic carbocycles. The molecule has 0 atom stereocenters. The fourth-order valence-electron chi connectivity index (χ4n) is 4.04. The lowest BCUT2D eigenvalue weighted by molar-refractivity contribution is -0.898. The van der Waals surface area contributed by atoms with E-state index in [1.807, 2.05) is 0 Å². The molecule has 1 aliphatic heterocycles. The van der Waals surface area contributed by atoms with Crippen LogP contribution in [0.3, 0.4) is 0 Å². The van der Waals surface area contributed by atoms with Gasteiger partial charge in [-0.15, -0.1) is 0 Å². The summed E-state index contributed by atoms with van der Waals surface area (Å²) in [5.74, 6) is 0.106. The van der Waals surface area contributed by atoms with Gasteiger partial charge >= 0.3 is 5.69 Å². The van der Waals surface area contributed by atoms with Crippen LogP contribution in [0.2, 0.25) is 5.02 Å². The third-order valence-electron chi connectivity index (χ3n) is 5.96. The lowest BCUT2D eigenvalue weighted by Gasteiger charge is -2.32. The molecule has 160 valence electrons. The molecule has 10 heteroatoms. The summed E-state index contributed by atoms with van der Waals surface area (Å²) in [6, 6.07) is 4.51. The van der Waals surface area contributed by atoms with Gasteiger partial charge in [0, 0.05) is 24.7 Å². The Morgan fingerprint density at radius 1 is 1.17 bits per heavy atom. The average Bonchev–Trinajstić information content (AvgIpc) is 3.13. The molecule has 30 heavy (non-hydrogen) atoms. The second-order valence-corrected chi connectivity index (χ2v) is 8.07. The van der Waals surface area contributed by atoms with E-state index in [0.29, 0.717) is 5.95 Å². The van der Waals surface area contributed by atoms with Crippen molar-refractivity contribution in [1.29, 1.82) is 0 Å². The Balaban J connectivity index is 1.93. The van der Waals surface area contributed by atoms with Gasteiger partial charge in [0.15, 0.2) is 11.2 Å². The van der Waals surface area contributed by atoms with Crippen molar-refractivity contribution in [2.45, 2.75) is 13.5 Å². The number of benzene rings is 1. The number of piperazine rings is 1. The van der Waals surface area contributed by atoms with E-state index in [0.717, 1.165) is 37.3 Å². The van der Waals surface area contributed by atoms with Crippen LogP contribution < -0.4 is 21.0 Å². The van der Waals surface area contributed by atoms with E-state index < -0.39 is 17.1 Å². The third kappa shape index (κ3) is 3.31. The monoisotopic (exact) mass is 435 g/mol. The van der Waals surface area contributed by atoms with E-state index in [9.17, 15) is 14.0 Å². The summed E-state index contributed by atoms with van der Waals surface area (Å²) >= 11 is 6.27. The molecule has 4 rings (SSSR count). The minimum absolute atomic E-state index is 0.0473. The molecular formula is C20H25ClFN6O2+. The van der Waals surface area contributed by atoms with Crippen LogP contribution in [0.15, 0.2) is 27.8 Å². The smallest absolute Gasteiger partial charge is 0.332 e. The highest BCUT2D eigenvalue weighted by atomic mass is 35.5. The number of likely N-dealkylation sites (N-methyl/N-ethyl adjacent to an activating group) is 1. The summed E-state index contributed by atoms with van der Waals surface area (Å²) in [4.78, 5) is 33.7. The van der Waals surface area contributed by atoms with E-state index in [1.54, 1.807) is 23.7 Å². The zero-order valence-electron chi connectivity index (χ0n) is 17.3. The van der Waals surface area contributed by atoms with Gasteiger partial charge in [-0.2, -0.15) is 4.98 Å². The van der Waals surface area contributed by atoms with Crippen LogP contribution in [0.25, 0.3) is 11.2 Å². The van der Waals surface area contributed by atoms with Crippen molar-refractivity contribution in [3.8, 4) is 0 Å². The quantitative estimate of drug-likeness (QED) is 0.626. The van der Waals surface area contributed by atoms with Gasteiger partial charge in [-0.3, -0.25) is 18.5 Å². The first-order chi connectivity index (χ1) is 14.3. The van der Waals surface area contributed by atoms with Gasteiger partial charge in [0.2, 0.25) is 5.95 Å². The number of quaternary nitrogens is 1. The topological polar surface area (TPSA) is 69.5 Å². The molecule has 8 nitrogen and oxygen atoms in total. The predicted molar refractivity (Wildman–Crippen MR) is 114 cm³/mol. The van der Waals surface area contributed by atoms with Gasteiger partial charge in [-0.1, -0.05) is 17.7 Å². The van der Waals surface area contributed by atoms with E-state index >= 15 is 0 Å². The second kappa shape index (κ2) is 7.88. The number of aromatic nitrogens is 4. The number of aryl methyl sites for hydroxylation is 1. The second-order valence-electron chi connectivity index (χ2n) is 7.67. The number of nitrogens with one attached hydrogen (secondary N) is 1. The number of anilines is 1. The lowest BCUT2D eigenvalue weighted by atomic mass is 10.2. The average molecular weight is 436 g/mol. The summed E-state index contributed by atoms with van der Waals surface area (Å²) in [6.45, 7) is 6.64. The van der Waals surface area contributed by atoms with Crippen molar-refractivity contribution in [2.24, 2.45) is 14.1 Å². The Hall–Kier alpha value is -2.65. The molecule has 1 aromatic carbocycles. The maximum Gasteiger partial charge on any atom is 0.332 e. The standard InChI is InChI=1S/C20H24ClFN6O2/c1-4-26-8-10-27(11-9-26)19-23-17-16(18(29)25(3)20(30)24(17)2)28(19)12-13-14(21)6-5-7-15(13)22/h5-7H,4,8-12H2,1-3H3/p+1. The van der Waals surface area contributed by atoms with Crippen LogP contribution in [0.5, 0.6) is 0 Å². The Labute approximate surface area is 177 Å². The van der Waals surface area contributed by atoms with Gasteiger partial charge in [0.05, 0.1) is 39.3 Å². The summed E-state index contributed by atoms with van der Waals surface area (Å²) in [5, 5.41) is 0.282. The molecule has 0 bridgehead atoms. The van der Waals surface area contributed by atoms with Gasteiger partial charge in [0.25, 0.3) is 5.56 Å². The predicted octanol–water partition coefficient (Wildman–Crippen LogP) is -0.000700. The Kier molecular flexibility index (Phi) is 5.42. The minimum atomic E-state index is -0.461. The van der Waals surface area contributed by atoms with Crippen molar-refractivity contribution in [1.82, 2.24) is 18.7 Å². The molecular weight excluding hydrogens is 411 g/mol. The SMILES string of the molecule is CC[NH+]1CCN(c2nc3c(c(=O)n(C)c(=O)n3C)n2Cc2c(F)cccc2Cl)CC1. The van der Waals surface area contributed by atoms with Crippen LogP contribution in [-0.4, -0.2) is 51.4 Å². The number of rotatable bonds is 4. The van der Waals surface area contributed by atoms with E-state index in [1.165, 1.54) is 22.6 Å². The molecule has 0 saturated carbocycles. The largest absolute Gasteiger partial charge is 0.332 e. The van der Waals surface area contributed by atoms with Crippen LogP contribution in [0.1, 0.15) is 12.5 Å².